The van der Waals surface area contributed by atoms with Crippen molar-refractivity contribution in [3.8, 4) is 0 Å². The molecule has 76 valence electrons. The molecule has 0 amide bonds. The predicted octanol–water partition coefficient (Wildman–Crippen LogP) is 0.900. The maximum atomic E-state index is 11.2. The molecular weight excluding hydrogens is 194 g/mol. The highest BCUT2D eigenvalue weighted by atomic mass is 35.5. The average Bonchev–Trinajstić information content (AvgIpc) is 2.03. The second-order valence-corrected chi connectivity index (χ2v) is 3.18. The summed E-state index contributed by atoms with van der Waals surface area (Å²) in [4.78, 5) is 12.5. The van der Waals surface area contributed by atoms with E-state index in [0.29, 0.717) is 0 Å². The van der Waals surface area contributed by atoms with Crippen molar-refractivity contribution in [2.45, 2.75) is 20.1 Å². The van der Waals surface area contributed by atoms with Gasteiger partial charge in [-0.25, -0.2) is 4.79 Å². The third-order valence-electron chi connectivity index (χ3n) is 1.62. The number of aliphatic hydroxyl groups is 1. The summed E-state index contributed by atoms with van der Waals surface area (Å²) in [5, 5.41) is 9.50. The van der Waals surface area contributed by atoms with Crippen molar-refractivity contribution in [3.63, 3.8) is 0 Å². The topological polar surface area (TPSA) is 49.8 Å². The molecule has 0 aromatic heterocycles. The molecule has 0 saturated carbocycles. The Hall–Kier alpha value is -0.740. The summed E-state index contributed by atoms with van der Waals surface area (Å²) in [7, 11) is 2.82. The monoisotopic (exact) mass is 207 g/mol. The van der Waals surface area contributed by atoms with Gasteiger partial charge in [0.1, 0.15) is 11.9 Å². The maximum Gasteiger partial charge on any atom is 0.355 e. The van der Waals surface area contributed by atoms with Gasteiger partial charge in [-0.3, -0.25) is 0 Å². The molecule has 1 N–H and O–H groups in total. The number of carbonyl (C=O) groups excluding carboxylic acids is 1. The Morgan fingerprint density at radius 3 is 2.31 bits per heavy atom. The molecule has 1 unspecified atom stereocenters. The summed E-state index contributed by atoms with van der Waals surface area (Å²) >= 11 is 5.68. The van der Waals surface area contributed by atoms with Gasteiger partial charge in [-0.1, -0.05) is 11.6 Å². The van der Waals surface area contributed by atoms with Crippen LogP contribution in [0.4, 0.5) is 0 Å². The van der Waals surface area contributed by atoms with E-state index in [-0.39, 0.29) is 10.7 Å². The molecule has 1 atom stereocenters. The van der Waals surface area contributed by atoms with Gasteiger partial charge < -0.3 is 14.7 Å². The molecule has 4 nitrogen and oxygen atoms in total. The molecule has 0 aromatic carbocycles. The molecule has 0 rings (SSSR count). The van der Waals surface area contributed by atoms with Crippen LogP contribution >= 0.6 is 11.6 Å². The quantitative estimate of drug-likeness (QED) is 0.425. The van der Waals surface area contributed by atoms with Gasteiger partial charge >= 0.3 is 5.97 Å². The molecular formula is C8H14ClNO3. The summed E-state index contributed by atoms with van der Waals surface area (Å²) < 4.78 is 4.51. The SMILES string of the molecule is COC(=O)/C(=C(/C)Cl)N(C)C(C)O. The van der Waals surface area contributed by atoms with Crippen molar-refractivity contribution in [2.24, 2.45) is 0 Å². The number of rotatable bonds is 3. The summed E-state index contributed by atoms with van der Waals surface area (Å²) in [6.07, 6.45) is -0.789. The fourth-order valence-corrected chi connectivity index (χ4v) is 1.02. The van der Waals surface area contributed by atoms with E-state index in [1.54, 1.807) is 14.0 Å². The Bertz CT molecular complexity index is 221. The summed E-state index contributed by atoms with van der Waals surface area (Å²) in [6, 6.07) is 0. The summed E-state index contributed by atoms with van der Waals surface area (Å²) in [5.74, 6) is -0.559. The normalized spacial score (nSPS) is 14.6. The molecule has 0 aromatic rings. The molecule has 0 spiro atoms. The molecule has 0 aliphatic rings. The van der Waals surface area contributed by atoms with E-state index in [4.69, 9.17) is 11.6 Å². The number of esters is 1. The number of ether oxygens (including phenoxy) is 1. The third kappa shape index (κ3) is 3.24. The van der Waals surface area contributed by atoms with Gasteiger partial charge in [0, 0.05) is 12.1 Å². The van der Waals surface area contributed by atoms with Crippen molar-refractivity contribution in [3.05, 3.63) is 10.7 Å². The molecule has 0 bridgehead atoms. The molecule has 0 aliphatic heterocycles. The fourth-order valence-electron chi connectivity index (χ4n) is 0.811. The van der Waals surface area contributed by atoms with E-state index in [1.807, 2.05) is 0 Å². The van der Waals surface area contributed by atoms with Gasteiger partial charge in [-0.2, -0.15) is 0 Å². The van der Waals surface area contributed by atoms with E-state index in [1.165, 1.54) is 18.9 Å². The highest BCUT2D eigenvalue weighted by molar-refractivity contribution is 6.31. The van der Waals surface area contributed by atoms with Crippen LogP contribution in [-0.4, -0.2) is 36.4 Å². The lowest BCUT2D eigenvalue weighted by atomic mass is 10.3. The van der Waals surface area contributed by atoms with Crippen LogP contribution in [0.3, 0.4) is 0 Å². The van der Waals surface area contributed by atoms with Gasteiger partial charge in [0.25, 0.3) is 0 Å². The zero-order valence-corrected chi connectivity index (χ0v) is 8.92. The smallest absolute Gasteiger partial charge is 0.355 e. The number of methoxy groups -OCH3 is 1. The van der Waals surface area contributed by atoms with Crippen LogP contribution in [0.15, 0.2) is 10.7 Å². The molecule has 0 saturated heterocycles. The average molecular weight is 208 g/mol. The highest BCUT2D eigenvalue weighted by Gasteiger charge is 2.20. The summed E-state index contributed by atoms with van der Waals surface area (Å²) in [6.45, 7) is 3.09. The first kappa shape index (κ1) is 12.3. The Labute approximate surface area is 82.7 Å². The molecule has 0 radical (unpaired) electrons. The van der Waals surface area contributed by atoms with Crippen LogP contribution in [0.25, 0.3) is 0 Å². The first-order valence-electron chi connectivity index (χ1n) is 3.77. The molecule has 0 fully saturated rings. The number of halogens is 1. The number of carbonyl (C=O) groups is 1. The van der Waals surface area contributed by atoms with Crippen LogP contribution in [0, 0.1) is 0 Å². The lowest BCUT2D eigenvalue weighted by Gasteiger charge is -2.24. The minimum absolute atomic E-state index is 0.166. The minimum atomic E-state index is -0.789. The van der Waals surface area contributed by atoms with Gasteiger partial charge in [0.2, 0.25) is 0 Å². The van der Waals surface area contributed by atoms with Crippen molar-refractivity contribution >= 4 is 17.6 Å². The maximum absolute atomic E-state index is 11.2. The first-order chi connectivity index (χ1) is 5.91. The highest BCUT2D eigenvalue weighted by Crippen LogP contribution is 2.15. The minimum Gasteiger partial charge on any atom is -0.464 e. The Morgan fingerprint density at radius 2 is 2.08 bits per heavy atom. The molecule has 13 heavy (non-hydrogen) atoms. The van der Waals surface area contributed by atoms with Gasteiger partial charge in [-0.15, -0.1) is 0 Å². The zero-order chi connectivity index (χ0) is 10.6. The van der Waals surface area contributed by atoms with Gasteiger partial charge in [0.05, 0.1) is 7.11 Å². The fraction of sp³-hybridized carbons (Fsp3) is 0.625. The van der Waals surface area contributed by atoms with E-state index in [2.05, 4.69) is 4.74 Å². The van der Waals surface area contributed by atoms with E-state index in [0.717, 1.165) is 0 Å². The number of allylic oxidation sites excluding steroid dienone is 1. The van der Waals surface area contributed by atoms with Crippen LogP contribution in [0.1, 0.15) is 13.8 Å². The summed E-state index contributed by atoms with van der Waals surface area (Å²) in [5.41, 5.74) is 0.166. The van der Waals surface area contributed by atoms with Crippen molar-refractivity contribution in [2.75, 3.05) is 14.2 Å². The lowest BCUT2D eigenvalue weighted by Crippen LogP contribution is -2.32. The Balaban J connectivity index is 4.85. The van der Waals surface area contributed by atoms with E-state index < -0.39 is 12.2 Å². The molecule has 0 aliphatic carbocycles. The Morgan fingerprint density at radius 1 is 1.62 bits per heavy atom. The first-order valence-corrected chi connectivity index (χ1v) is 4.15. The van der Waals surface area contributed by atoms with Gasteiger partial charge in [0.15, 0.2) is 0 Å². The molecule has 5 heteroatoms. The second-order valence-electron chi connectivity index (χ2n) is 2.62. The van der Waals surface area contributed by atoms with Gasteiger partial charge in [-0.05, 0) is 13.8 Å². The van der Waals surface area contributed by atoms with Crippen molar-refractivity contribution in [1.29, 1.82) is 0 Å². The third-order valence-corrected chi connectivity index (χ3v) is 1.80. The van der Waals surface area contributed by atoms with Crippen LogP contribution in [-0.2, 0) is 9.53 Å². The lowest BCUT2D eigenvalue weighted by molar-refractivity contribution is -0.139. The van der Waals surface area contributed by atoms with Crippen LogP contribution in [0.2, 0.25) is 0 Å². The van der Waals surface area contributed by atoms with E-state index in [9.17, 15) is 9.90 Å². The predicted molar refractivity (Wildman–Crippen MR) is 50.0 cm³/mol. The largest absolute Gasteiger partial charge is 0.464 e. The number of hydrogen-bond acceptors (Lipinski definition) is 4. The number of aliphatic hydroxyl groups excluding tert-OH is 1. The molecule has 0 heterocycles. The van der Waals surface area contributed by atoms with E-state index >= 15 is 0 Å². The second kappa shape index (κ2) is 5.09. The zero-order valence-electron chi connectivity index (χ0n) is 8.17. The van der Waals surface area contributed by atoms with Crippen LogP contribution < -0.4 is 0 Å². The Kier molecular flexibility index (Phi) is 4.80. The number of nitrogens with zero attached hydrogens (tertiary/aromatic N) is 1. The number of likely N-dealkylation sites (N-methyl/N-ethyl adjacent to an activating group) is 1. The van der Waals surface area contributed by atoms with Crippen molar-refractivity contribution < 1.29 is 14.6 Å². The van der Waals surface area contributed by atoms with Crippen LogP contribution in [0.5, 0.6) is 0 Å². The standard InChI is InChI=1S/C8H14ClNO3/c1-5(9)7(8(12)13-4)10(3)6(2)11/h6,11H,1-4H3/b7-5+. The number of hydrogen-bond donors (Lipinski definition) is 1. The van der Waals surface area contributed by atoms with Crippen molar-refractivity contribution in [1.82, 2.24) is 4.90 Å².